The van der Waals surface area contributed by atoms with E-state index in [0.717, 1.165) is 11.1 Å². The molecule has 0 unspecified atom stereocenters. The van der Waals surface area contributed by atoms with Gasteiger partial charge in [0, 0.05) is 6.54 Å². The molecule has 0 aliphatic rings. The van der Waals surface area contributed by atoms with E-state index in [9.17, 15) is 4.79 Å². The summed E-state index contributed by atoms with van der Waals surface area (Å²) in [7, 11) is 0. The van der Waals surface area contributed by atoms with Crippen LogP contribution in [0.15, 0.2) is 28.7 Å². The predicted molar refractivity (Wildman–Crippen MR) is 76.7 cm³/mol. The van der Waals surface area contributed by atoms with Crippen LogP contribution in [0.5, 0.6) is 0 Å². The van der Waals surface area contributed by atoms with E-state index in [-0.39, 0.29) is 5.92 Å². The van der Waals surface area contributed by atoms with Crippen molar-refractivity contribution in [3.8, 4) is 0 Å². The van der Waals surface area contributed by atoms with Crippen molar-refractivity contribution in [3.05, 3.63) is 30.2 Å². The molecule has 1 N–H and O–H groups in total. The fraction of sp³-hybridized carbons (Fsp3) is 0.467. The molecule has 1 amide bonds. The van der Waals surface area contributed by atoms with Gasteiger partial charge in [-0.3, -0.25) is 0 Å². The molecule has 0 saturated heterocycles. The maximum Gasteiger partial charge on any atom is 0.407 e. The summed E-state index contributed by atoms with van der Waals surface area (Å²) in [6.45, 7) is 7.86. The number of fused-ring (bicyclic) bond motifs is 1. The lowest BCUT2D eigenvalue weighted by molar-refractivity contribution is 0.0524. The minimum absolute atomic E-state index is 0.0186. The number of ether oxygens (including phenoxy) is 1. The Morgan fingerprint density at radius 3 is 2.75 bits per heavy atom. The Morgan fingerprint density at radius 2 is 2.10 bits per heavy atom. The topological polar surface area (TPSA) is 64.4 Å². The molecule has 0 bridgehead atoms. The molecule has 0 aliphatic heterocycles. The van der Waals surface area contributed by atoms with E-state index in [4.69, 9.17) is 9.15 Å². The number of benzene rings is 1. The van der Waals surface area contributed by atoms with E-state index in [2.05, 4.69) is 10.3 Å². The highest BCUT2D eigenvalue weighted by atomic mass is 16.6. The SMILES string of the molecule is C[C@H](CNC(=O)OC(C)(C)C)c1nc2ccccc2o1. The Kier molecular flexibility index (Phi) is 3.97. The lowest BCUT2D eigenvalue weighted by atomic mass is 10.2. The molecule has 2 rings (SSSR count). The van der Waals surface area contributed by atoms with Gasteiger partial charge in [0.25, 0.3) is 0 Å². The van der Waals surface area contributed by atoms with Crippen molar-refractivity contribution in [2.75, 3.05) is 6.54 Å². The largest absolute Gasteiger partial charge is 0.444 e. The standard InChI is InChI=1S/C15H20N2O3/c1-10(9-16-14(18)20-15(2,3)4)13-17-11-7-5-6-8-12(11)19-13/h5-8,10H,9H2,1-4H3,(H,16,18)/t10-/m1/s1. The number of oxazole rings is 1. The van der Waals surface area contributed by atoms with Crippen molar-refractivity contribution in [2.45, 2.75) is 39.2 Å². The van der Waals surface area contributed by atoms with Crippen LogP contribution in [0, 0.1) is 0 Å². The number of rotatable bonds is 3. The van der Waals surface area contributed by atoms with E-state index in [1.165, 1.54) is 0 Å². The molecule has 2 aromatic rings. The highest BCUT2D eigenvalue weighted by molar-refractivity contribution is 5.72. The summed E-state index contributed by atoms with van der Waals surface area (Å²) < 4.78 is 10.8. The van der Waals surface area contributed by atoms with Gasteiger partial charge >= 0.3 is 6.09 Å². The number of aromatic nitrogens is 1. The monoisotopic (exact) mass is 276 g/mol. The van der Waals surface area contributed by atoms with Gasteiger partial charge in [-0.25, -0.2) is 9.78 Å². The third kappa shape index (κ3) is 3.73. The van der Waals surface area contributed by atoms with E-state index in [1.54, 1.807) is 0 Å². The highest BCUT2D eigenvalue weighted by Crippen LogP contribution is 2.20. The molecule has 0 saturated carbocycles. The second kappa shape index (κ2) is 5.53. The van der Waals surface area contributed by atoms with Gasteiger partial charge in [0.05, 0.1) is 5.92 Å². The van der Waals surface area contributed by atoms with Crippen molar-refractivity contribution >= 4 is 17.2 Å². The van der Waals surface area contributed by atoms with Gasteiger partial charge in [-0.2, -0.15) is 0 Å². The van der Waals surface area contributed by atoms with E-state index in [0.29, 0.717) is 12.4 Å². The first-order valence-corrected chi connectivity index (χ1v) is 6.67. The molecule has 5 heteroatoms. The third-order valence-electron chi connectivity index (χ3n) is 2.68. The molecule has 0 fully saturated rings. The Hall–Kier alpha value is -2.04. The number of nitrogens with one attached hydrogen (secondary N) is 1. The van der Waals surface area contributed by atoms with Crippen LogP contribution >= 0.6 is 0 Å². The number of carbonyl (C=O) groups excluding carboxylic acids is 1. The molecule has 5 nitrogen and oxygen atoms in total. The lowest BCUT2D eigenvalue weighted by Gasteiger charge is -2.20. The number of hydrogen-bond acceptors (Lipinski definition) is 4. The molecule has 0 spiro atoms. The van der Waals surface area contributed by atoms with Gasteiger partial charge in [-0.05, 0) is 32.9 Å². The zero-order valence-electron chi connectivity index (χ0n) is 12.3. The summed E-state index contributed by atoms with van der Waals surface area (Å²) in [6.07, 6.45) is -0.430. The van der Waals surface area contributed by atoms with Crippen LogP contribution in [0.2, 0.25) is 0 Å². The Labute approximate surface area is 118 Å². The van der Waals surface area contributed by atoms with E-state index < -0.39 is 11.7 Å². The van der Waals surface area contributed by atoms with Crippen molar-refractivity contribution in [2.24, 2.45) is 0 Å². The number of amides is 1. The van der Waals surface area contributed by atoms with Gasteiger partial charge in [0.2, 0.25) is 0 Å². The fourth-order valence-corrected chi connectivity index (χ4v) is 1.74. The van der Waals surface area contributed by atoms with Crippen molar-refractivity contribution < 1.29 is 13.9 Å². The molecule has 1 aromatic carbocycles. The third-order valence-corrected chi connectivity index (χ3v) is 2.68. The first-order chi connectivity index (χ1) is 9.35. The van der Waals surface area contributed by atoms with Crippen LogP contribution in [0.4, 0.5) is 4.79 Å². The first kappa shape index (κ1) is 14.4. The van der Waals surface area contributed by atoms with Crippen LogP contribution in [0.3, 0.4) is 0 Å². The van der Waals surface area contributed by atoms with Gasteiger partial charge in [0.15, 0.2) is 11.5 Å². The zero-order chi connectivity index (χ0) is 14.8. The molecule has 0 radical (unpaired) electrons. The second-order valence-electron chi connectivity index (χ2n) is 5.80. The van der Waals surface area contributed by atoms with Gasteiger partial charge < -0.3 is 14.5 Å². The minimum atomic E-state index is -0.495. The fourth-order valence-electron chi connectivity index (χ4n) is 1.74. The van der Waals surface area contributed by atoms with Crippen LogP contribution in [0.1, 0.15) is 39.5 Å². The normalized spacial score (nSPS) is 13.2. The van der Waals surface area contributed by atoms with E-state index in [1.807, 2.05) is 52.0 Å². The Morgan fingerprint density at radius 1 is 1.40 bits per heavy atom. The highest BCUT2D eigenvalue weighted by Gasteiger charge is 2.18. The molecule has 0 aliphatic carbocycles. The summed E-state index contributed by atoms with van der Waals surface area (Å²) in [6, 6.07) is 7.59. The average Bonchev–Trinajstić information content (AvgIpc) is 2.77. The molecule has 1 aromatic heterocycles. The maximum atomic E-state index is 11.6. The summed E-state index contributed by atoms with van der Waals surface area (Å²) in [5.74, 6) is 0.595. The van der Waals surface area contributed by atoms with Crippen molar-refractivity contribution in [3.63, 3.8) is 0 Å². The summed E-state index contributed by atoms with van der Waals surface area (Å²) in [5, 5.41) is 2.72. The number of para-hydroxylation sites is 2. The van der Waals surface area contributed by atoms with Gasteiger partial charge in [-0.15, -0.1) is 0 Å². The van der Waals surface area contributed by atoms with Crippen LogP contribution in [0.25, 0.3) is 11.1 Å². The molecule has 1 atom stereocenters. The molecule has 1 heterocycles. The average molecular weight is 276 g/mol. The predicted octanol–water partition coefficient (Wildman–Crippen LogP) is 3.46. The van der Waals surface area contributed by atoms with Crippen LogP contribution in [-0.4, -0.2) is 23.2 Å². The Bertz CT molecular complexity index is 565. The van der Waals surface area contributed by atoms with Crippen LogP contribution < -0.4 is 5.32 Å². The van der Waals surface area contributed by atoms with Crippen LogP contribution in [-0.2, 0) is 4.74 Å². The lowest BCUT2D eigenvalue weighted by Crippen LogP contribution is -2.34. The molecular formula is C15H20N2O3. The summed E-state index contributed by atoms with van der Waals surface area (Å²) in [4.78, 5) is 16.0. The number of hydrogen-bond donors (Lipinski definition) is 1. The molecular weight excluding hydrogens is 256 g/mol. The quantitative estimate of drug-likeness (QED) is 0.932. The molecule has 20 heavy (non-hydrogen) atoms. The number of nitrogens with zero attached hydrogens (tertiary/aromatic N) is 1. The first-order valence-electron chi connectivity index (χ1n) is 6.67. The van der Waals surface area contributed by atoms with Crippen molar-refractivity contribution in [1.29, 1.82) is 0 Å². The minimum Gasteiger partial charge on any atom is -0.444 e. The van der Waals surface area contributed by atoms with Gasteiger partial charge in [0.1, 0.15) is 11.1 Å². The Balaban J connectivity index is 1.95. The number of alkyl carbamates (subject to hydrolysis) is 1. The second-order valence-corrected chi connectivity index (χ2v) is 5.80. The smallest absolute Gasteiger partial charge is 0.407 e. The van der Waals surface area contributed by atoms with Crippen molar-refractivity contribution in [1.82, 2.24) is 10.3 Å². The number of carbonyl (C=O) groups is 1. The molecule has 108 valence electrons. The van der Waals surface area contributed by atoms with E-state index >= 15 is 0 Å². The summed E-state index contributed by atoms with van der Waals surface area (Å²) in [5.41, 5.74) is 1.09. The zero-order valence-corrected chi connectivity index (χ0v) is 12.3. The van der Waals surface area contributed by atoms with Gasteiger partial charge in [-0.1, -0.05) is 19.1 Å². The maximum absolute atomic E-state index is 11.6. The summed E-state index contributed by atoms with van der Waals surface area (Å²) >= 11 is 0.